The van der Waals surface area contributed by atoms with E-state index in [4.69, 9.17) is 4.74 Å². The number of hydrogen-bond donors (Lipinski definition) is 1. The average molecular weight is 411 g/mol. The Morgan fingerprint density at radius 2 is 1.90 bits per heavy atom. The van der Waals surface area contributed by atoms with Gasteiger partial charge < -0.3 is 19.9 Å². The van der Waals surface area contributed by atoms with E-state index in [1.807, 2.05) is 0 Å². The quantitative estimate of drug-likeness (QED) is 0.712. The van der Waals surface area contributed by atoms with Crippen LogP contribution in [0.4, 0.5) is 20.7 Å². The summed E-state index contributed by atoms with van der Waals surface area (Å²) in [5.74, 6) is 0.784. The number of imidazole rings is 1. The lowest BCUT2D eigenvalue weighted by molar-refractivity contribution is 0.122. The highest BCUT2D eigenvalue weighted by Crippen LogP contribution is 2.26. The molecule has 10 heteroatoms. The van der Waals surface area contributed by atoms with Crippen LogP contribution in [0.3, 0.4) is 0 Å². The van der Waals surface area contributed by atoms with Crippen molar-refractivity contribution in [1.29, 1.82) is 0 Å². The monoisotopic (exact) mass is 411 g/mol. The number of urea groups is 1. The summed E-state index contributed by atoms with van der Waals surface area (Å²) in [6, 6.07) is 4.28. The zero-order chi connectivity index (χ0) is 20.5. The highest BCUT2D eigenvalue weighted by Gasteiger charge is 2.20. The van der Waals surface area contributed by atoms with Gasteiger partial charge in [-0.2, -0.15) is 9.61 Å². The van der Waals surface area contributed by atoms with E-state index < -0.39 is 5.82 Å². The molecule has 9 nitrogen and oxygen atoms in total. The number of nitrogens with one attached hydrogen (secondary N) is 1. The van der Waals surface area contributed by atoms with Crippen LogP contribution in [0.25, 0.3) is 17.0 Å². The van der Waals surface area contributed by atoms with E-state index in [1.54, 1.807) is 27.7 Å². The molecule has 2 aliphatic rings. The smallest absolute Gasteiger partial charge is 0.321 e. The Labute approximate surface area is 172 Å². The standard InChI is InChI=1S/C20H22FN7O2/c21-16-4-3-14(24-20(29)27-5-1-2-6-27)11-15(16)17-12-23-28-18(13-22-19(28)25-17)26-7-9-30-10-8-26/h3-4,11-13H,1-2,5-10H2,(H,24,29). The predicted octanol–water partition coefficient (Wildman–Crippen LogP) is 2.39. The van der Waals surface area contributed by atoms with Crippen molar-refractivity contribution in [3.05, 3.63) is 36.4 Å². The van der Waals surface area contributed by atoms with Gasteiger partial charge in [-0.25, -0.2) is 19.2 Å². The third-order valence-corrected chi connectivity index (χ3v) is 5.44. The second-order valence-corrected chi connectivity index (χ2v) is 7.39. The van der Waals surface area contributed by atoms with Crippen LogP contribution in [0.2, 0.25) is 0 Å². The fourth-order valence-corrected chi connectivity index (χ4v) is 3.82. The second-order valence-electron chi connectivity index (χ2n) is 7.39. The zero-order valence-electron chi connectivity index (χ0n) is 16.4. The fourth-order valence-electron chi connectivity index (χ4n) is 3.82. The Kier molecular flexibility index (Phi) is 4.91. The molecule has 3 aromatic rings. The number of ether oxygens (including phenoxy) is 1. The van der Waals surface area contributed by atoms with Crippen LogP contribution >= 0.6 is 0 Å². The third kappa shape index (κ3) is 3.54. The van der Waals surface area contributed by atoms with Crippen LogP contribution in [0, 0.1) is 5.82 Å². The van der Waals surface area contributed by atoms with Crippen LogP contribution in [-0.4, -0.2) is 69.9 Å². The van der Waals surface area contributed by atoms with Gasteiger partial charge in [-0.1, -0.05) is 0 Å². The molecule has 0 radical (unpaired) electrons. The number of rotatable bonds is 3. The van der Waals surface area contributed by atoms with Gasteiger partial charge in [0, 0.05) is 37.4 Å². The molecule has 30 heavy (non-hydrogen) atoms. The van der Waals surface area contributed by atoms with Crippen molar-refractivity contribution >= 4 is 23.3 Å². The highest BCUT2D eigenvalue weighted by molar-refractivity contribution is 5.90. The molecule has 0 unspecified atom stereocenters. The topological polar surface area (TPSA) is 87.9 Å². The van der Waals surface area contributed by atoms with Crippen molar-refractivity contribution in [2.45, 2.75) is 12.8 Å². The summed E-state index contributed by atoms with van der Waals surface area (Å²) < 4.78 is 21.6. The normalized spacial score (nSPS) is 17.0. The molecule has 1 aromatic carbocycles. The van der Waals surface area contributed by atoms with Crippen molar-refractivity contribution in [3.8, 4) is 11.3 Å². The highest BCUT2D eigenvalue weighted by atomic mass is 19.1. The molecular formula is C20H22FN7O2. The molecule has 156 valence electrons. The van der Waals surface area contributed by atoms with Crippen LogP contribution in [-0.2, 0) is 4.74 Å². The van der Waals surface area contributed by atoms with Gasteiger partial charge in [0.05, 0.1) is 31.3 Å². The Morgan fingerprint density at radius 3 is 2.70 bits per heavy atom. The second kappa shape index (κ2) is 7.86. The van der Waals surface area contributed by atoms with E-state index >= 15 is 0 Å². The maximum atomic E-state index is 14.5. The van der Waals surface area contributed by atoms with Crippen LogP contribution in [0.15, 0.2) is 30.6 Å². The third-order valence-electron chi connectivity index (χ3n) is 5.44. The Hall–Kier alpha value is -3.27. The van der Waals surface area contributed by atoms with Crippen molar-refractivity contribution in [3.63, 3.8) is 0 Å². The molecule has 2 saturated heterocycles. The average Bonchev–Trinajstić information content (AvgIpc) is 3.45. The van der Waals surface area contributed by atoms with Crippen LogP contribution < -0.4 is 10.2 Å². The number of carbonyl (C=O) groups excluding carboxylic acids is 1. The first kappa shape index (κ1) is 18.7. The van der Waals surface area contributed by atoms with Crippen LogP contribution in [0.5, 0.6) is 0 Å². The number of anilines is 2. The van der Waals surface area contributed by atoms with Crippen molar-refractivity contribution in [2.24, 2.45) is 0 Å². The van der Waals surface area contributed by atoms with Crippen molar-refractivity contribution in [2.75, 3.05) is 49.6 Å². The summed E-state index contributed by atoms with van der Waals surface area (Å²) in [4.78, 5) is 25.1. The first-order chi connectivity index (χ1) is 14.7. The minimum absolute atomic E-state index is 0.171. The molecule has 1 N–H and O–H groups in total. The molecule has 0 saturated carbocycles. The van der Waals surface area contributed by atoms with Gasteiger partial charge in [0.1, 0.15) is 5.82 Å². The van der Waals surface area contributed by atoms with Gasteiger partial charge in [0.15, 0.2) is 5.82 Å². The summed E-state index contributed by atoms with van der Waals surface area (Å²) in [5.41, 5.74) is 1.14. The minimum Gasteiger partial charge on any atom is -0.378 e. The molecule has 2 aliphatic heterocycles. The Bertz CT molecular complexity index is 1070. The molecule has 5 rings (SSSR count). The Balaban J connectivity index is 1.42. The summed E-state index contributed by atoms with van der Waals surface area (Å²) in [6.07, 6.45) is 5.25. The van der Waals surface area contributed by atoms with E-state index in [0.717, 1.165) is 44.8 Å². The molecule has 4 heterocycles. The van der Waals surface area contributed by atoms with Crippen LogP contribution in [0.1, 0.15) is 12.8 Å². The summed E-state index contributed by atoms with van der Waals surface area (Å²) >= 11 is 0. The Morgan fingerprint density at radius 1 is 1.10 bits per heavy atom. The van der Waals surface area contributed by atoms with Gasteiger partial charge in [-0.05, 0) is 31.0 Å². The number of halogens is 1. The lowest BCUT2D eigenvalue weighted by Crippen LogP contribution is -2.37. The maximum Gasteiger partial charge on any atom is 0.321 e. The first-order valence-corrected chi connectivity index (χ1v) is 10.1. The number of carbonyl (C=O) groups is 1. The van der Waals surface area contributed by atoms with Gasteiger partial charge >= 0.3 is 6.03 Å². The zero-order valence-corrected chi connectivity index (χ0v) is 16.4. The number of fused-ring (bicyclic) bond motifs is 1. The lowest BCUT2D eigenvalue weighted by atomic mass is 10.1. The maximum absolute atomic E-state index is 14.5. The van der Waals surface area contributed by atoms with E-state index in [2.05, 4.69) is 25.3 Å². The summed E-state index contributed by atoms with van der Waals surface area (Å²) in [5, 5.41) is 7.27. The molecule has 0 bridgehead atoms. The number of morpholine rings is 1. The largest absolute Gasteiger partial charge is 0.378 e. The van der Waals surface area contributed by atoms with Crippen molar-refractivity contribution < 1.29 is 13.9 Å². The van der Waals surface area contributed by atoms with E-state index in [1.165, 1.54) is 12.3 Å². The summed E-state index contributed by atoms with van der Waals surface area (Å²) in [7, 11) is 0. The predicted molar refractivity (Wildman–Crippen MR) is 109 cm³/mol. The molecule has 0 aliphatic carbocycles. The minimum atomic E-state index is -0.437. The van der Waals surface area contributed by atoms with E-state index in [0.29, 0.717) is 30.4 Å². The van der Waals surface area contributed by atoms with Gasteiger partial charge in [0.25, 0.3) is 5.78 Å². The number of benzene rings is 1. The number of amides is 2. The number of likely N-dealkylation sites (tertiary alicyclic amines) is 1. The molecular weight excluding hydrogens is 389 g/mol. The fraction of sp³-hybridized carbons (Fsp3) is 0.400. The molecule has 2 amide bonds. The molecule has 0 spiro atoms. The number of aromatic nitrogens is 4. The lowest BCUT2D eigenvalue weighted by Gasteiger charge is -2.27. The summed E-state index contributed by atoms with van der Waals surface area (Å²) in [6.45, 7) is 4.30. The van der Waals surface area contributed by atoms with Gasteiger partial charge in [0.2, 0.25) is 0 Å². The molecule has 0 atom stereocenters. The number of hydrogen-bond acceptors (Lipinski definition) is 6. The first-order valence-electron chi connectivity index (χ1n) is 10.1. The van der Waals surface area contributed by atoms with E-state index in [-0.39, 0.29) is 11.6 Å². The number of nitrogens with zero attached hydrogens (tertiary/aromatic N) is 6. The van der Waals surface area contributed by atoms with E-state index in [9.17, 15) is 9.18 Å². The molecule has 2 fully saturated rings. The van der Waals surface area contributed by atoms with Gasteiger partial charge in [-0.3, -0.25) is 0 Å². The van der Waals surface area contributed by atoms with Crippen molar-refractivity contribution in [1.82, 2.24) is 24.5 Å². The SMILES string of the molecule is O=C(Nc1ccc(F)c(-c2cnn3c(N4CCOCC4)cnc3n2)c1)N1CCCC1. The molecule has 2 aromatic heterocycles. The van der Waals surface area contributed by atoms with Gasteiger partial charge in [-0.15, -0.1) is 0 Å².